The second kappa shape index (κ2) is 6.23. The maximum absolute atomic E-state index is 12.7. The Labute approximate surface area is 154 Å². The number of carbonyl (C=O) groups is 1. The minimum absolute atomic E-state index is 0.0257. The highest BCUT2D eigenvalue weighted by atomic mass is 35.5. The SMILES string of the molecule is CCN1CCc2c(sc3c2C(=O)NC(c2ccc(Cl)cc2Cl)N3)C1. The van der Waals surface area contributed by atoms with Crippen molar-refractivity contribution in [2.24, 2.45) is 0 Å². The number of nitrogens with one attached hydrogen (secondary N) is 2. The molecule has 1 aromatic heterocycles. The molecule has 0 spiro atoms. The molecule has 0 fully saturated rings. The number of nitrogens with zero attached hydrogens (tertiary/aromatic N) is 1. The summed E-state index contributed by atoms with van der Waals surface area (Å²) in [4.78, 5) is 16.4. The molecule has 2 aliphatic rings. The van der Waals surface area contributed by atoms with E-state index in [-0.39, 0.29) is 12.1 Å². The van der Waals surface area contributed by atoms with Gasteiger partial charge in [-0.2, -0.15) is 0 Å². The third-order valence-electron chi connectivity index (χ3n) is 4.63. The fourth-order valence-electron chi connectivity index (χ4n) is 3.33. The molecule has 1 atom stereocenters. The van der Waals surface area contributed by atoms with Crippen LogP contribution < -0.4 is 10.6 Å². The van der Waals surface area contributed by atoms with E-state index in [0.717, 1.165) is 42.2 Å². The maximum atomic E-state index is 12.7. The molecular formula is C17H17Cl2N3OS. The molecule has 3 heterocycles. The summed E-state index contributed by atoms with van der Waals surface area (Å²) in [6, 6.07) is 5.32. The molecule has 4 nitrogen and oxygen atoms in total. The number of thiophene rings is 1. The van der Waals surface area contributed by atoms with E-state index in [2.05, 4.69) is 22.5 Å². The molecule has 1 aromatic carbocycles. The second-order valence-electron chi connectivity index (χ2n) is 6.04. The van der Waals surface area contributed by atoms with Gasteiger partial charge in [-0.1, -0.05) is 36.2 Å². The molecule has 2 N–H and O–H groups in total. The van der Waals surface area contributed by atoms with Crippen LogP contribution in [0.25, 0.3) is 0 Å². The van der Waals surface area contributed by atoms with Crippen molar-refractivity contribution in [2.45, 2.75) is 26.1 Å². The molecule has 4 rings (SSSR count). The van der Waals surface area contributed by atoms with E-state index in [1.165, 1.54) is 10.4 Å². The number of hydrogen-bond acceptors (Lipinski definition) is 4. The van der Waals surface area contributed by atoms with Gasteiger partial charge in [-0.05, 0) is 30.7 Å². The Morgan fingerprint density at radius 2 is 2.17 bits per heavy atom. The number of carbonyl (C=O) groups excluding carboxylic acids is 1. The molecule has 2 aromatic rings. The Hall–Kier alpha value is -1.27. The average Bonchev–Trinajstić information content (AvgIpc) is 2.92. The number of amides is 1. The highest BCUT2D eigenvalue weighted by molar-refractivity contribution is 7.16. The van der Waals surface area contributed by atoms with E-state index < -0.39 is 0 Å². The van der Waals surface area contributed by atoms with Gasteiger partial charge in [0, 0.05) is 33.6 Å². The van der Waals surface area contributed by atoms with Crippen molar-refractivity contribution in [3.63, 3.8) is 0 Å². The van der Waals surface area contributed by atoms with Crippen LogP contribution in [0, 0.1) is 0 Å². The van der Waals surface area contributed by atoms with E-state index in [4.69, 9.17) is 23.2 Å². The fraction of sp³-hybridized carbons (Fsp3) is 0.353. The van der Waals surface area contributed by atoms with Crippen LogP contribution >= 0.6 is 34.5 Å². The summed E-state index contributed by atoms with van der Waals surface area (Å²) in [5.74, 6) is -0.0257. The predicted molar refractivity (Wildman–Crippen MR) is 99.3 cm³/mol. The van der Waals surface area contributed by atoms with Crippen LogP contribution in [0.2, 0.25) is 10.0 Å². The predicted octanol–water partition coefficient (Wildman–Crippen LogP) is 4.29. The average molecular weight is 382 g/mol. The fourth-order valence-corrected chi connectivity index (χ4v) is 5.16. The lowest BCUT2D eigenvalue weighted by atomic mass is 10.0. The molecule has 0 radical (unpaired) electrons. The van der Waals surface area contributed by atoms with Crippen LogP contribution in [0.1, 0.15) is 39.5 Å². The maximum Gasteiger partial charge on any atom is 0.256 e. The minimum atomic E-state index is -0.336. The second-order valence-corrected chi connectivity index (χ2v) is 7.99. The molecule has 2 aliphatic heterocycles. The van der Waals surface area contributed by atoms with Crippen molar-refractivity contribution < 1.29 is 4.79 Å². The molecule has 0 saturated heterocycles. The van der Waals surface area contributed by atoms with E-state index in [1.54, 1.807) is 23.5 Å². The van der Waals surface area contributed by atoms with Crippen molar-refractivity contribution >= 4 is 45.4 Å². The largest absolute Gasteiger partial charge is 0.353 e. The zero-order valence-electron chi connectivity index (χ0n) is 13.2. The first kappa shape index (κ1) is 16.2. The Kier molecular flexibility index (Phi) is 4.21. The van der Waals surface area contributed by atoms with Crippen molar-refractivity contribution in [1.82, 2.24) is 10.2 Å². The van der Waals surface area contributed by atoms with Crippen LogP contribution in [-0.2, 0) is 13.0 Å². The molecule has 7 heteroatoms. The number of hydrogen-bond donors (Lipinski definition) is 2. The van der Waals surface area contributed by atoms with Crippen LogP contribution in [0.3, 0.4) is 0 Å². The number of likely N-dealkylation sites (N-methyl/N-ethyl adjacent to an activating group) is 1. The van der Waals surface area contributed by atoms with Gasteiger partial charge in [-0.3, -0.25) is 9.69 Å². The third kappa shape index (κ3) is 2.69. The van der Waals surface area contributed by atoms with Gasteiger partial charge in [0.25, 0.3) is 5.91 Å². The lowest BCUT2D eigenvalue weighted by Gasteiger charge is -2.28. The van der Waals surface area contributed by atoms with Crippen LogP contribution in [0.4, 0.5) is 5.00 Å². The van der Waals surface area contributed by atoms with Crippen LogP contribution in [0.15, 0.2) is 18.2 Å². The number of benzene rings is 1. The van der Waals surface area contributed by atoms with Gasteiger partial charge < -0.3 is 10.6 Å². The highest BCUT2D eigenvalue weighted by Gasteiger charge is 2.33. The Morgan fingerprint density at radius 1 is 1.33 bits per heavy atom. The topological polar surface area (TPSA) is 44.4 Å². The first-order valence-corrected chi connectivity index (χ1v) is 9.53. The normalized spacial score (nSPS) is 20.1. The molecule has 0 saturated carbocycles. The van der Waals surface area contributed by atoms with Crippen molar-refractivity contribution in [1.29, 1.82) is 0 Å². The van der Waals surface area contributed by atoms with Gasteiger partial charge in [0.1, 0.15) is 11.2 Å². The monoisotopic (exact) mass is 381 g/mol. The number of halogens is 2. The number of fused-ring (bicyclic) bond motifs is 3. The molecule has 1 amide bonds. The number of rotatable bonds is 2. The third-order valence-corrected chi connectivity index (χ3v) is 6.34. The van der Waals surface area contributed by atoms with E-state index >= 15 is 0 Å². The summed E-state index contributed by atoms with van der Waals surface area (Å²) in [6.45, 7) is 5.13. The summed E-state index contributed by atoms with van der Waals surface area (Å²) in [5.41, 5.74) is 2.83. The van der Waals surface area contributed by atoms with Crippen LogP contribution in [-0.4, -0.2) is 23.9 Å². The Morgan fingerprint density at radius 3 is 2.92 bits per heavy atom. The smallest absolute Gasteiger partial charge is 0.256 e. The zero-order valence-corrected chi connectivity index (χ0v) is 15.5. The van der Waals surface area contributed by atoms with Crippen molar-refractivity contribution in [2.75, 3.05) is 18.4 Å². The summed E-state index contributed by atoms with van der Waals surface area (Å²) in [6.07, 6.45) is 0.591. The summed E-state index contributed by atoms with van der Waals surface area (Å²) in [5, 5.41) is 8.53. The zero-order chi connectivity index (χ0) is 16.8. The van der Waals surface area contributed by atoms with Gasteiger partial charge in [-0.25, -0.2) is 0 Å². The summed E-state index contributed by atoms with van der Waals surface area (Å²) >= 11 is 13.9. The van der Waals surface area contributed by atoms with Gasteiger partial charge in [0.15, 0.2) is 0 Å². The quantitative estimate of drug-likeness (QED) is 0.815. The highest BCUT2D eigenvalue weighted by Crippen LogP contribution is 2.41. The lowest BCUT2D eigenvalue weighted by Crippen LogP contribution is -2.39. The van der Waals surface area contributed by atoms with E-state index in [0.29, 0.717) is 10.0 Å². The van der Waals surface area contributed by atoms with Gasteiger partial charge in [0.2, 0.25) is 0 Å². The van der Waals surface area contributed by atoms with Crippen molar-refractivity contribution in [3.05, 3.63) is 49.8 Å². The Balaban J connectivity index is 1.68. The molecule has 0 bridgehead atoms. The summed E-state index contributed by atoms with van der Waals surface area (Å²) < 4.78 is 0. The minimum Gasteiger partial charge on any atom is -0.353 e. The molecule has 0 aliphatic carbocycles. The van der Waals surface area contributed by atoms with Crippen LogP contribution in [0.5, 0.6) is 0 Å². The Bertz CT molecular complexity index is 820. The standard InChI is InChI=1S/C17H17Cl2N3OS/c1-2-22-6-5-11-13(8-22)24-17-14(11)16(23)20-15(21-17)10-4-3-9(18)7-12(10)19/h3-4,7,15,21H,2,5-6,8H2,1H3,(H,20,23). The van der Waals surface area contributed by atoms with Gasteiger partial charge in [0.05, 0.1) is 5.56 Å². The molecule has 126 valence electrons. The number of anilines is 1. The van der Waals surface area contributed by atoms with Gasteiger partial charge in [-0.15, -0.1) is 11.3 Å². The lowest BCUT2D eigenvalue weighted by molar-refractivity contribution is 0.0935. The molecule has 24 heavy (non-hydrogen) atoms. The van der Waals surface area contributed by atoms with Crippen molar-refractivity contribution in [3.8, 4) is 0 Å². The van der Waals surface area contributed by atoms with E-state index in [9.17, 15) is 4.79 Å². The molecular weight excluding hydrogens is 365 g/mol. The van der Waals surface area contributed by atoms with E-state index in [1.807, 2.05) is 6.07 Å². The first-order chi connectivity index (χ1) is 11.6. The van der Waals surface area contributed by atoms with Gasteiger partial charge >= 0.3 is 0 Å². The summed E-state index contributed by atoms with van der Waals surface area (Å²) in [7, 11) is 0. The first-order valence-electron chi connectivity index (χ1n) is 7.96. The molecule has 1 unspecified atom stereocenters.